The van der Waals surface area contributed by atoms with Gasteiger partial charge in [0.2, 0.25) is 0 Å². The molecule has 0 radical (unpaired) electrons. The van der Waals surface area contributed by atoms with Crippen LogP contribution < -0.4 is 5.32 Å². The maximum Gasteiger partial charge on any atom is 0.326 e. The van der Waals surface area contributed by atoms with E-state index in [9.17, 15) is 18.4 Å². The third kappa shape index (κ3) is 6.17. The van der Waals surface area contributed by atoms with Gasteiger partial charge in [0, 0.05) is 24.7 Å². The van der Waals surface area contributed by atoms with Crippen LogP contribution >= 0.6 is 0 Å². The zero-order valence-corrected chi connectivity index (χ0v) is 12.7. The number of halogens is 2. The standard InChI is InChI=1S/C15H19F2NO4/c1-15(2,3)22-5-4-12(14(20)21)18-13(19)9-6-10(16)8-11(17)7-9/h6-8,12H,4-5H2,1-3H3,(H,18,19)(H,20,21). The second-order valence-electron chi connectivity index (χ2n) is 5.77. The number of carboxylic acid groups (broad SMARTS) is 1. The number of carbonyl (C=O) groups excluding carboxylic acids is 1. The fraction of sp³-hybridized carbons (Fsp3) is 0.467. The number of rotatable bonds is 6. The summed E-state index contributed by atoms with van der Waals surface area (Å²) in [6, 6.07) is 1.09. The van der Waals surface area contributed by atoms with Gasteiger partial charge in [-0.25, -0.2) is 13.6 Å². The number of hydrogen-bond acceptors (Lipinski definition) is 3. The monoisotopic (exact) mass is 315 g/mol. The number of ether oxygens (including phenoxy) is 1. The minimum Gasteiger partial charge on any atom is -0.480 e. The molecule has 0 aliphatic heterocycles. The molecular formula is C15H19F2NO4. The van der Waals surface area contributed by atoms with Crippen LogP contribution in [0.4, 0.5) is 8.78 Å². The highest BCUT2D eigenvalue weighted by Crippen LogP contribution is 2.10. The van der Waals surface area contributed by atoms with Crippen LogP contribution in [-0.4, -0.2) is 35.2 Å². The van der Waals surface area contributed by atoms with Crippen LogP contribution in [0.5, 0.6) is 0 Å². The summed E-state index contributed by atoms with van der Waals surface area (Å²) in [5, 5.41) is 11.3. The lowest BCUT2D eigenvalue weighted by molar-refractivity contribution is -0.140. The second-order valence-corrected chi connectivity index (χ2v) is 5.77. The maximum absolute atomic E-state index is 13.1. The Labute approximate surface area is 127 Å². The van der Waals surface area contributed by atoms with Crippen molar-refractivity contribution in [1.82, 2.24) is 5.32 Å². The van der Waals surface area contributed by atoms with Gasteiger partial charge >= 0.3 is 5.97 Å². The fourth-order valence-electron chi connectivity index (χ4n) is 1.67. The minimum atomic E-state index is -1.25. The van der Waals surface area contributed by atoms with Crippen LogP contribution in [0.25, 0.3) is 0 Å². The summed E-state index contributed by atoms with van der Waals surface area (Å²) >= 11 is 0. The summed E-state index contributed by atoms with van der Waals surface area (Å²) in [6.07, 6.45) is 0.0378. The molecule has 0 saturated heterocycles. The summed E-state index contributed by atoms with van der Waals surface area (Å²) < 4.78 is 31.5. The van der Waals surface area contributed by atoms with E-state index >= 15 is 0 Å². The van der Waals surface area contributed by atoms with Crippen LogP contribution in [0, 0.1) is 11.6 Å². The summed E-state index contributed by atoms with van der Waals surface area (Å²) in [4.78, 5) is 23.0. The summed E-state index contributed by atoms with van der Waals surface area (Å²) in [5.74, 6) is -3.93. The Morgan fingerprint density at radius 2 is 1.77 bits per heavy atom. The van der Waals surface area contributed by atoms with Crippen molar-refractivity contribution < 1.29 is 28.2 Å². The van der Waals surface area contributed by atoms with E-state index in [4.69, 9.17) is 9.84 Å². The van der Waals surface area contributed by atoms with Crippen molar-refractivity contribution in [2.75, 3.05) is 6.61 Å². The molecule has 22 heavy (non-hydrogen) atoms. The molecule has 7 heteroatoms. The molecule has 1 amide bonds. The number of aliphatic carboxylic acids is 1. The molecule has 122 valence electrons. The van der Waals surface area contributed by atoms with Gasteiger partial charge in [-0.15, -0.1) is 0 Å². The normalized spacial score (nSPS) is 12.8. The van der Waals surface area contributed by atoms with Crippen molar-refractivity contribution in [3.63, 3.8) is 0 Å². The molecule has 0 aromatic heterocycles. The summed E-state index contributed by atoms with van der Waals surface area (Å²) in [5.41, 5.74) is -0.709. The molecule has 0 aliphatic rings. The van der Waals surface area contributed by atoms with Crippen LogP contribution in [0.1, 0.15) is 37.6 Å². The molecule has 1 aromatic rings. The van der Waals surface area contributed by atoms with Crippen LogP contribution in [0.3, 0.4) is 0 Å². The molecule has 5 nitrogen and oxygen atoms in total. The van der Waals surface area contributed by atoms with Crippen molar-refractivity contribution in [2.45, 2.75) is 38.8 Å². The SMILES string of the molecule is CC(C)(C)OCCC(NC(=O)c1cc(F)cc(F)c1)C(=O)O. The molecule has 0 heterocycles. The highest BCUT2D eigenvalue weighted by molar-refractivity contribution is 5.96. The third-order valence-corrected chi connectivity index (χ3v) is 2.67. The summed E-state index contributed by atoms with van der Waals surface area (Å²) in [6.45, 7) is 5.57. The van der Waals surface area contributed by atoms with Gasteiger partial charge in [-0.05, 0) is 32.9 Å². The van der Waals surface area contributed by atoms with Crippen LogP contribution in [0.2, 0.25) is 0 Å². The number of hydrogen-bond donors (Lipinski definition) is 2. The second kappa shape index (κ2) is 7.31. The third-order valence-electron chi connectivity index (χ3n) is 2.67. The first kappa shape index (κ1) is 18.0. The number of amides is 1. The number of benzene rings is 1. The largest absolute Gasteiger partial charge is 0.480 e. The van der Waals surface area contributed by atoms with E-state index in [1.807, 2.05) is 20.8 Å². The molecule has 0 spiro atoms. The van der Waals surface area contributed by atoms with Gasteiger partial charge < -0.3 is 15.2 Å². The van der Waals surface area contributed by atoms with E-state index in [-0.39, 0.29) is 18.6 Å². The average Bonchev–Trinajstić information content (AvgIpc) is 2.34. The van der Waals surface area contributed by atoms with Crippen molar-refractivity contribution in [2.24, 2.45) is 0 Å². The molecule has 0 fully saturated rings. The molecule has 2 N–H and O–H groups in total. The van der Waals surface area contributed by atoms with Gasteiger partial charge in [0.1, 0.15) is 17.7 Å². The first-order valence-corrected chi connectivity index (χ1v) is 6.72. The Morgan fingerprint density at radius 3 is 2.23 bits per heavy atom. The Kier molecular flexibility index (Phi) is 5.99. The maximum atomic E-state index is 13.1. The molecule has 1 unspecified atom stereocenters. The molecule has 1 atom stereocenters. The summed E-state index contributed by atoms with van der Waals surface area (Å²) in [7, 11) is 0. The minimum absolute atomic E-state index is 0.0378. The van der Waals surface area contributed by atoms with Gasteiger partial charge in [-0.1, -0.05) is 0 Å². The predicted molar refractivity (Wildman–Crippen MR) is 75.6 cm³/mol. The first-order chi connectivity index (χ1) is 10.1. The lowest BCUT2D eigenvalue weighted by Gasteiger charge is -2.21. The van der Waals surface area contributed by atoms with Gasteiger partial charge in [0.25, 0.3) is 5.91 Å². The van der Waals surface area contributed by atoms with Crippen LogP contribution in [0.15, 0.2) is 18.2 Å². The molecule has 1 aromatic carbocycles. The van der Waals surface area contributed by atoms with E-state index < -0.39 is 35.2 Å². The molecule has 1 rings (SSSR count). The Bertz CT molecular complexity index is 535. The van der Waals surface area contributed by atoms with Gasteiger partial charge in [0.05, 0.1) is 5.60 Å². The Hall–Kier alpha value is -2.02. The lowest BCUT2D eigenvalue weighted by Crippen LogP contribution is -2.42. The van der Waals surface area contributed by atoms with Crippen molar-refractivity contribution in [1.29, 1.82) is 0 Å². The van der Waals surface area contributed by atoms with Gasteiger partial charge in [-0.2, -0.15) is 0 Å². The van der Waals surface area contributed by atoms with E-state index in [0.29, 0.717) is 6.07 Å². The molecule has 0 saturated carbocycles. The smallest absolute Gasteiger partial charge is 0.326 e. The molecular weight excluding hydrogens is 296 g/mol. The number of nitrogens with one attached hydrogen (secondary N) is 1. The van der Waals surface area contributed by atoms with Gasteiger partial charge in [-0.3, -0.25) is 4.79 Å². The lowest BCUT2D eigenvalue weighted by atomic mass is 10.1. The van der Waals surface area contributed by atoms with E-state index in [1.54, 1.807) is 0 Å². The zero-order chi connectivity index (χ0) is 16.9. The van der Waals surface area contributed by atoms with Crippen molar-refractivity contribution >= 4 is 11.9 Å². The Morgan fingerprint density at radius 1 is 1.23 bits per heavy atom. The predicted octanol–water partition coefficient (Wildman–Crippen LogP) is 2.35. The van der Waals surface area contributed by atoms with E-state index in [2.05, 4.69) is 5.32 Å². The van der Waals surface area contributed by atoms with Crippen molar-refractivity contribution in [3.05, 3.63) is 35.4 Å². The van der Waals surface area contributed by atoms with Gasteiger partial charge in [0.15, 0.2) is 0 Å². The number of carboxylic acids is 1. The highest BCUT2D eigenvalue weighted by Gasteiger charge is 2.22. The van der Waals surface area contributed by atoms with E-state index in [0.717, 1.165) is 12.1 Å². The topological polar surface area (TPSA) is 75.6 Å². The first-order valence-electron chi connectivity index (χ1n) is 6.72. The van der Waals surface area contributed by atoms with E-state index in [1.165, 1.54) is 0 Å². The van der Waals surface area contributed by atoms with Crippen LogP contribution in [-0.2, 0) is 9.53 Å². The molecule has 0 aliphatic carbocycles. The quantitative estimate of drug-likeness (QED) is 0.845. The average molecular weight is 315 g/mol. The Balaban J connectivity index is 2.70. The molecule has 0 bridgehead atoms. The fourth-order valence-corrected chi connectivity index (χ4v) is 1.67. The zero-order valence-electron chi connectivity index (χ0n) is 12.7. The van der Waals surface area contributed by atoms with Crippen molar-refractivity contribution in [3.8, 4) is 0 Å². The highest BCUT2D eigenvalue weighted by atomic mass is 19.1. The number of carbonyl (C=O) groups is 2.